The summed E-state index contributed by atoms with van der Waals surface area (Å²) >= 11 is 6.04. The lowest BCUT2D eigenvalue weighted by Crippen LogP contribution is -2.13. The minimum absolute atomic E-state index is 0.0349. The normalized spacial score (nSPS) is 10.4. The van der Waals surface area contributed by atoms with Crippen LogP contribution in [-0.4, -0.2) is 24.0 Å². The van der Waals surface area contributed by atoms with Crippen LogP contribution in [-0.2, 0) is 16.1 Å². The number of halogens is 1. The first kappa shape index (κ1) is 22.3. The van der Waals surface area contributed by atoms with E-state index in [4.69, 9.17) is 16.3 Å². The maximum atomic E-state index is 12.1. The Morgan fingerprint density at radius 1 is 1.10 bits per heavy atom. The van der Waals surface area contributed by atoms with Gasteiger partial charge in [-0.2, -0.15) is 0 Å². The summed E-state index contributed by atoms with van der Waals surface area (Å²) in [4.78, 5) is 28.4. The molecule has 7 heteroatoms. The molecular formula is C24H24ClN3O3. The van der Waals surface area contributed by atoms with E-state index in [1.165, 1.54) is 7.11 Å². The summed E-state index contributed by atoms with van der Waals surface area (Å²) in [6.07, 6.45) is 2.93. The average Bonchev–Trinajstić information content (AvgIpc) is 2.78. The first-order chi connectivity index (χ1) is 15.0. The number of anilines is 2. The van der Waals surface area contributed by atoms with Crippen molar-refractivity contribution in [3.8, 4) is 11.1 Å². The molecule has 1 amide bonds. The summed E-state index contributed by atoms with van der Waals surface area (Å²) in [7, 11) is 1.35. The summed E-state index contributed by atoms with van der Waals surface area (Å²) in [6.45, 7) is 2.49. The van der Waals surface area contributed by atoms with Crippen LogP contribution in [0, 0.1) is 0 Å². The highest BCUT2D eigenvalue weighted by atomic mass is 35.5. The SMILES string of the molecule is CCCC(=O)Nc1cccnc1NCc1ccc(-c2ccc(Cl)cc2C(=O)OC)cc1. The second-order valence-electron chi connectivity index (χ2n) is 6.93. The lowest BCUT2D eigenvalue weighted by atomic mass is 9.98. The van der Waals surface area contributed by atoms with Gasteiger partial charge in [-0.1, -0.05) is 48.9 Å². The molecule has 0 unspecified atom stereocenters. The van der Waals surface area contributed by atoms with Crippen molar-refractivity contribution in [2.24, 2.45) is 0 Å². The molecule has 0 fully saturated rings. The minimum Gasteiger partial charge on any atom is -0.465 e. The van der Waals surface area contributed by atoms with E-state index in [1.807, 2.05) is 37.3 Å². The first-order valence-electron chi connectivity index (χ1n) is 9.97. The van der Waals surface area contributed by atoms with E-state index in [1.54, 1.807) is 30.5 Å². The fourth-order valence-electron chi connectivity index (χ4n) is 3.12. The van der Waals surface area contributed by atoms with E-state index in [2.05, 4.69) is 15.6 Å². The van der Waals surface area contributed by atoms with Crippen LogP contribution in [0.25, 0.3) is 11.1 Å². The Hall–Kier alpha value is -3.38. The van der Waals surface area contributed by atoms with Gasteiger partial charge in [0.05, 0.1) is 18.4 Å². The molecule has 0 spiro atoms. The average molecular weight is 438 g/mol. The van der Waals surface area contributed by atoms with Gasteiger partial charge < -0.3 is 15.4 Å². The van der Waals surface area contributed by atoms with Crippen LogP contribution in [0.2, 0.25) is 5.02 Å². The molecule has 0 bridgehead atoms. The highest BCUT2D eigenvalue weighted by molar-refractivity contribution is 6.31. The van der Waals surface area contributed by atoms with Gasteiger partial charge in [-0.15, -0.1) is 0 Å². The summed E-state index contributed by atoms with van der Waals surface area (Å²) in [6, 6.07) is 16.6. The van der Waals surface area contributed by atoms with Crippen LogP contribution < -0.4 is 10.6 Å². The van der Waals surface area contributed by atoms with Gasteiger partial charge in [-0.05, 0) is 47.4 Å². The van der Waals surface area contributed by atoms with Crippen molar-refractivity contribution in [3.63, 3.8) is 0 Å². The van der Waals surface area contributed by atoms with Gasteiger partial charge in [0.2, 0.25) is 5.91 Å². The molecule has 0 aliphatic rings. The van der Waals surface area contributed by atoms with E-state index in [-0.39, 0.29) is 5.91 Å². The number of esters is 1. The van der Waals surface area contributed by atoms with Crippen molar-refractivity contribution in [1.29, 1.82) is 0 Å². The number of rotatable bonds is 8. The van der Waals surface area contributed by atoms with Gasteiger partial charge in [0.25, 0.3) is 0 Å². The number of pyridine rings is 1. The van der Waals surface area contributed by atoms with E-state index < -0.39 is 5.97 Å². The first-order valence-corrected chi connectivity index (χ1v) is 10.4. The highest BCUT2D eigenvalue weighted by Crippen LogP contribution is 2.28. The maximum absolute atomic E-state index is 12.1. The van der Waals surface area contributed by atoms with Gasteiger partial charge in [0.15, 0.2) is 0 Å². The van der Waals surface area contributed by atoms with Crippen LogP contribution in [0.15, 0.2) is 60.8 Å². The zero-order chi connectivity index (χ0) is 22.2. The molecule has 31 heavy (non-hydrogen) atoms. The van der Waals surface area contributed by atoms with E-state index >= 15 is 0 Å². The second-order valence-corrected chi connectivity index (χ2v) is 7.37. The monoisotopic (exact) mass is 437 g/mol. The number of ether oxygens (including phenoxy) is 1. The topological polar surface area (TPSA) is 80.3 Å². The van der Waals surface area contributed by atoms with E-state index in [0.717, 1.165) is 23.1 Å². The lowest BCUT2D eigenvalue weighted by molar-refractivity contribution is -0.116. The number of nitrogens with one attached hydrogen (secondary N) is 2. The Labute approximate surface area is 186 Å². The molecule has 3 aromatic rings. The van der Waals surface area contributed by atoms with E-state index in [0.29, 0.717) is 35.1 Å². The third kappa shape index (κ3) is 5.83. The maximum Gasteiger partial charge on any atom is 0.338 e. The molecule has 160 valence electrons. The van der Waals surface area contributed by atoms with Gasteiger partial charge in [-0.25, -0.2) is 9.78 Å². The number of carbonyl (C=O) groups excluding carboxylic acids is 2. The standard InChI is InChI=1S/C24H24ClN3O3/c1-3-5-22(29)28-21-6-4-13-26-23(21)27-15-16-7-9-17(10-8-16)19-12-11-18(25)14-20(19)24(30)31-2/h4,6-14H,3,5,15H2,1-2H3,(H,26,27)(H,28,29). The van der Waals surface area contributed by atoms with Crippen LogP contribution in [0.5, 0.6) is 0 Å². The molecule has 2 aromatic carbocycles. The molecule has 0 atom stereocenters. The number of methoxy groups -OCH3 is 1. The fraction of sp³-hybridized carbons (Fsp3) is 0.208. The quantitative estimate of drug-likeness (QED) is 0.452. The van der Waals surface area contributed by atoms with E-state index in [9.17, 15) is 9.59 Å². The van der Waals surface area contributed by atoms with Crippen molar-refractivity contribution in [2.45, 2.75) is 26.3 Å². The number of benzene rings is 2. The zero-order valence-corrected chi connectivity index (χ0v) is 18.2. The number of aromatic nitrogens is 1. The van der Waals surface area contributed by atoms with Crippen molar-refractivity contribution in [2.75, 3.05) is 17.7 Å². The summed E-state index contributed by atoms with van der Waals surface area (Å²) < 4.78 is 4.87. The third-order valence-corrected chi connectivity index (χ3v) is 4.91. The van der Waals surface area contributed by atoms with Gasteiger partial charge in [-0.3, -0.25) is 4.79 Å². The molecule has 2 N–H and O–H groups in total. The second kappa shape index (κ2) is 10.6. The predicted molar refractivity (Wildman–Crippen MR) is 123 cm³/mol. The smallest absolute Gasteiger partial charge is 0.338 e. The molecule has 1 heterocycles. The number of hydrogen-bond acceptors (Lipinski definition) is 5. The van der Waals surface area contributed by atoms with Crippen LogP contribution in [0.1, 0.15) is 35.7 Å². The van der Waals surface area contributed by atoms with Gasteiger partial charge in [0.1, 0.15) is 5.82 Å². The Kier molecular flexibility index (Phi) is 7.62. The molecule has 0 aliphatic heterocycles. The number of hydrogen-bond donors (Lipinski definition) is 2. The number of nitrogens with zero attached hydrogens (tertiary/aromatic N) is 1. The molecule has 6 nitrogen and oxygen atoms in total. The Morgan fingerprint density at radius 2 is 1.87 bits per heavy atom. The minimum atomic E-state index is -0.434. The lowest BCUT2D eigenvalue weighted by Gasteiger charge is -2.13. The zero-order valence-electron chi connectivity index (χ0n) is 17.4. The molecule has 3 rings (SSSR count). The predicted octanol–water partition coefficient (Wildman–Crippen LogP) is 5.54. The molecule has 1 aromatic heterocycles. The summed E-state index contributed by atoms with van der Waals surface area (Å²) in [5.41, 5.74) is 3.73. The van der Waals surface area contributed by atoms with Gasteiger partial charge in [0, 0.05) is 24.2 Å². The van der Waals surface area contributed by atoms with Crippen LogP contribution in [0.3, 0.4) is 0 Å². The number of carbonyl (C=O) groups is 2. The summed E-state index contributed by atoms with van der Waals surface area (Å²) in [5.74, 6) is 0.144. The van der Waals surface area contributed by atoms with Gasteiger partial charge >= 0.3 is 5.97 Å². The molecule has 0 saturated carbocycles. The largest absolute Gasteiger partial charge is 0.465 e. The van der Waals surface area contributed by atoms with Crippen LogP contribution in [0.4, 0.5) is 11.5 Å². The molecule has 0 saturated heterocycles. The summed E-state index contributed by atoms with van der Waals surface area (Å²) in [5, 5.41) is 6.63. The van der Waals surface area contributed by atoms with Crippen molar-refractivity contribution in [3.05, 3.63) is 76.9 Å². The molecule has 0 radical (unpaired) electrons. The van der Waals surface area contributed by atoms with Crippen molar-refractivity contribution in [1.82, 2.24) is 4.98 Å². The van der Waals surface area contributed by atoms with Crippen molar-refractivity contribution >= 4 is 35.0 Å². The van der Waals surface area contributed by atoms with Crippen LogP contribution >= 0.6 is 11.6 Å². The molecule has 0 aliphatic carbocycles. The Balaban J connectivity index is 1.73. The third-order valence-electron chi connectivity index (χ3n) is 4.67. The molecular weight excluding hydrogens is 414 g/mol. The highest BCUT2D eigenvalue weighted by Gasteiger charge is 2.14. The Bertz CT molecular complexity index is 1070. The fourth-order valence-corrected chi connectivity index (χ4v) is 3.29. The number of amides is 1. The Morgan fingerprint density at radius 3 is 2.58 bits per heavy atom. The van der Waals surface area contributed by atoms with Crippen molar-refractivity contribution < 1.29 is 14.3 Å².